The van der Waals surface area contributed by atoms with Gasteiger partial charge in [-0.1, -0.05) is 48.5 Å². The Kier molecular flexibility index (Phi) is 4.50. The molecule has 3 atom stereocenters. The van der Waals surface area contributed by atoms with E-state index >= 15 is 0 Å². The molecule has 0 radical (unpaired) electrons. The smallest absolute Gasteiger partial charge is 0.292 e. The summed E-state index contributed by atoms with van der Waals surface area (Å²) in [4.78, 5) is 41.1. The van der Waals surface area contributed by atoms with E-state index in [4.69, 9.17) is 4.52 Å². The molecule has 0 saturated carbocycles. The topological polar surface area (TPSA) is 86.6 Å². The molecule has 2 aliphatic rings. The predicted molar refractivity (Wildman–Crippen MR) is 109 cm³/mol. The van der Waals surface area contributed by atoms with Gasteiger partial charge in [0.05, 0.1) is 12.1 Å². The van der Waals surface area contributed by atoms with E-state index in [1.165, 1.54) is 6.07 Å². The number of nitrogens with zero attached hydrogens (tertiary/aromatic N) is 2. The van der Waals surface area contributed by atoms with E-state index in [-0.39, 0.29) is 35.5 Å². The number of carbonyl (C=O) groups is 2. The Balaban J connectivity index is 1.44. The van der Waals surface area contributed by atoms with Crippen molar-refractivity contribution in [3.05, 3.63) is 94.0 Å². The van der Waals surface area contributed by atoms with E-state index < -0.39 is 5.56 Å². The summed E-state index contributed by atoms with van der Waals surface area (Å²) in [7, 11) is 0. The molecule has 0 spiro atoms. The molecule has 7 nitrogen and oxygen atoms in total. The first kappa shape index (κ1) is 18.4. The van der Waals surface area contributed by atoms with Crippen molar-refractivity contribution in [2.45, 2.75) is 6.04 Å². The van der Waals surface area contributed by atoms with Gasteiger partial charge in [0.25, 0.3) is 17.4 Å². The number of carbonyl (C=O) groups excluding carboxylic acids is 2. The third kappa shape index (κ3) is 3.12. The normalized spacial score (nSPS) is 22.9. The van der Waals surface area contributed by atoms with Crippen LogP contribution >= 0.6 is 0 Å². The summed E-state index contributed by atoms with van der Waals surface area (Å²) in [5.74, 6) is 0.0180. The van der Waals surface area contributed by atoms with Crippen LogP contribution in [0.15, 0.2) is 76.0 Å². The molecule has 0 unspecified atom stereocenters. The maximum atomic E-state index is 13.3. The molecule has 1 aromatic heterocycles. The van der Waals surface area contributed by atoms with Gasteiger partial charge >= 0.3 is 0 Å². The number of rotatable bonds is 3. The summed E-state index contributed by atoms with van der Waals surface area (Å²) < 4.78 is 5.00. The van der Waals surface area contributed by atoms with Crippen LogP contribution < -0.4 is 5.56 Å². The molecule has 0 bridgehead atoms. The molecule has 2 saturated heterocycles. The first-order valence-corrected chi connectivity index (χ1v) is 10.0. The van der Waals surface area contributed by atoms with Crippen LogP contribution in [0.5, 0.6) is 0 Å². The summed E-state index contributed by atoms with van der Waals surface area (Å²) in [6, 6.07) is 20.3. The largest absolute Gasteiger partial charge is 0.373 e. The lowest BCUT2D eigenvalue weighted by molar-refractivity contribution is 0.0662. The van der Waals surface area contributed by atoms with Gasteiger partial charge in [-0.05, 0) is 17.7 Å². The SMILES string of the molecule is O=C(c1cc(=O)[nH]o1)N1C[C@H]2CN(C(=O)c3ccccc3)[C@H](c3ccccc3)[C@H]2C1. The second kappa shape index (κ2) is 7.33. The number of hydrogen-bond acceptors (Lipinski definition) is 4. The van der Waals surface area contributed by atoms with Gasteiger partial charge in [-0.15, -0.1) is 0 Å². The summed E-state index contributed by atoms with van der Waals surface area (Å²) in [6.45, 7) is 1.62. The Morgan fingerprint density at radius 3 is 2.27 bits per heavy atom. The van der Waals surface area contributed by atoms with Gasteiger partial charge in [0.2, 0.25) is 5.76 Å². The van der Waals surface area contributed by atoms with Crippen molar-refractivity contribution in [2.24, 2.45) is 11.8 Å². The number of nitrogens with one attached hydrogen (secondary N) is 1. The number of aromatic nitrogens is 1. The van der Waals surface area contributed by atoms with Gasteiger partial charge in [-0.25, -0.2) is 0 Å². The van der Waals surface area contributed by atoms with E-state index in [1.54, 1.807) is 4.90 Å². The number of hydrogen-bond donors (Lipinski definition) is 1. The van der Waals surface area contributed by atoms with Crippen LogP contribution in [-0.4, -0.2) is 46.4 Å². The van der Waals surface area contributed by atoms with Gasteiger partial charge in [0.1, 0.15) is 0 Å². The molecule has 1 N–H and O–H groups in total. The summed E-state index contributed by atoms with van der Waals surface area (Å²) >= 11 is 0. The number of fused-ring (bicyclic) bond motifs is 1. The number of amides is 2. The van der Waals surface area contributed by atoms with Crippen LogP contribution in [0.1, 0.15) is 32.5 Å². The van der Waals surface area contributed by atoms with Crippen molar-refractivity contribution in [2.75, 3.05) is 19.6 Å². The molecule has 30 heavy (non-hydrogen) atoms. The Bertz CT molecular complexity index is 1120. The maximum absolute atomic E-state index is 13.3. The second-order valence-corrected chi connectivity index (χ2v) is 7.89. The van der Waals surface area contributed by atoms with Crippen molar-refractivity contribution in [3.8, 4) is 0 Å². The molecule has 5 rings (SSSR count). The van der Waals surface area contributed by atoms with Crippen LogP contribution in [0, 0.1) is 11.8 Å². The fourth-order valence-corrected chi connectivity index (χ4v) is 4.79. The average Bonchev–Trinajstić information content (AvgIpc) is 3.48. The molecule has 2 aliphatic heterocycles. The highest BCUT2D eigenvalue weighted by Gasteiger charge is 2.50. The minimum absolute atomic E-state index is 0.00774. The van der Waals surface area contributed by atoms with Crippen LogP contribution in [0.25, 0.3) is 0 Å². The van der Waals surface area contributed by atoms with Gasteiger partial charge in [0, 0.05) is 37.0 Å². The Labute approximate surface area is 172 Å². The lowest BCUT2D eigenvalue weighted by Gasteiger charge is -2.30. The number of aromatic amines is 1. The number of H-pyrrole nitrogens is 1. The van der Waals surface area contributed by atoms with Crippen molar-refractivity contribution >= 4 is 11.8 Å². The molecule has 2 amide bonds. The zero-order valence-electron chi connectivity index (χ0n) is 16.2. The molecule has 2 fully saturated rings. The third-order valence-electron chi connectivity index (χ3n) is 6.11. The predicted octanol–water partition coefficient (Wildman–Crippen LogP) is 2.55. The highest BCUT2D eigenvalue weighted by molar-refractivity contribution is 5.95. The standard InChI is InChI=1S/C23H21N3O4/c27-20-11-19(30-24-20)23(29)25-12-17-13-26(22(28)16-9-5-2-6-10-16)21(18(17)14-25)15-7-3-1-4-8-15/h1-11,17-18,21H,12-14H2,(H,24,27)/t17-,18-,21+/m0/s1. The molecular weight excluding hydrogens is 382 g/mol. The Morgan fingerprint density at radius 2 is 1.60 bits per heavy atom. The first-order chi connectivity index (χ1) is 14.6. The lowest BCUT2D eigenvalue weighted by atomic mass is 9.89. The van der Waals surface area contributed by atoms with Crippen molar-refractivity contribution in [1.82, 2.24) is 15.0 Å². The quantitative estimate of drug-likeness (QED) is 0.728. The molecule has 2 aromatic carbocycles. The fourth-order valence-electron chi connectivity index (χ4n) is 4.79. The monoisotopic (exact) mass is 403 g/mol. The van der Waals surface area contributed by atoms with Crippen molar-refractivity contribution in [1.29, 1.82) is 0 Å². The average molecular weight is 403 g/mol. The van der Waals surface area contributed by atoms with E-state index in [9.17, 15) is 14.4 Å². The minimum atomic E-state index is -0.431. The van der Waals surface area contributed by atoms with Gasteiger partial charge in [0.15, 0.2) is 0 Å². The zero-order chi connectivity index (χ0) is 20.7. The van der Waals surface area contributed by atoms with Crippen LogP contribution in [0.2, 0.25) is 0 Å². The minimum Gasteiger partial charge on any atom is -0.373 e. The summed E-state index contributed by atoms with van der Waals surface area (Å²) in [5, 5.41) is 2.17. The van der Waals surface area contributed by atoms with Crippen molar-refractivity contribution in [3.63, 3.8) is 0 Å². The van der Waals surface area contributed by atoms with E-state index in [0.717, 1.165) is 5.56 Å². The lowest BCUT2D eigenvalue weighted by Crippen LogP contribution is -2.37. The van der Waals surface area contributed by atoms with Crippen LogP contribution in [-0.2, 0) is 0 Å². The maximum Gasteiger partial charge on any atom is 0.292 e. The van der Waals surface area contributed by atoms with E-state index in [2.05, 4.69) is 5.16 Å². The zero-order valence-corrected chi connectivity index (χ0v) is 16.2. The second-order valence-electron chi connectivity index (χ2n) is 7.89. The molecule has 3 aromatic rings. The molecular formula is C23H21N3O4. The van der Waals surface area contributed by atoms with Gasteiger partial charge < -0.3 is 14.3 Å². The fraction of sp³-hybridized carbons (Fsp3) is 0.261. The first-order valence-electron chi connectivity index (χ1n) is 10.0. The molecule has 3 heterocycles. The van der Waals surface area contributed by atoms with Crippen LogP contribution in [0.4, 0.5) is 0 Å². The molecule has 7 heteroatoms. The summed E-state index contributed by atoms with van der Waals surface area (Å²) in [6.07, 6.45) is 0. The van der Waals surface area contributed by atoms with Crippen molar-refractivity contribution < 1.29 is 14.1 Å². The molecule has 0 aliphatic carbocycles. The van der Waals surface area contributed by atoms with E-state index in [1.807, 2.05) is 65.6 Å². The highest BCUT2D eigenvalue weighted by atomic mass is 16.5. The van der Waals surface area contributed by atoms with Crippen LogP contribution in [0.3, 0.4) is 0 Å². The number of benzene rings is 2. The summed E-state index contributed by atoms with van der Waals surface area (Å²) in [5.41, 5.74) is 1.30. The highest BCUT2D eigenvalue weighted by Crippen LogP contribution is 2.45. The third-order valence-corrected chi connectivity index (χ3v) is 6.11. The molecule has 152 valence electrons. The van der Waals surface area contributed by atoms with Gasteiger partial charge in [-0.3, -0.25) is 14.4 Å². The van der Waals surface area contributed by atoms with E-state index in [0.29, 0.717) is 25.2 Å². The number of likely N-dealkylation sites (tertiary alicyclic amines) is 2. The van der Waals surface area contributed by atoms with Gasteiger partial charge in [-0.2, -0.15) is 5.16 Å². The Morgan fingerprint density at radius 1 is 0.900 bits per heavy atom. The Hall–Kier alpha value is -3.61.